The summed E-state index contributed by atoms with van der Waals surface area (Å²) in [6.45, 7) is 3.71. The Kier molecular flexibility index (Phi) is 3.13. The van der Waals surface area contributed by atoms with Crippen LogP contribution in [0.15, 0.2) is 24.3 Å². The van der Waals surface area contributed by atoms with Crippen LogP contribution >= 0.6 is 0 Å². The molecule has 16 heavy (non-hydrogen) atoms. The normalized spacial score (nSPS) is 20.2. The summed E-state index contributed by atoms with van der Waals surface area (Å²) in [6, 6.07) is 7.88. The van der Waals surface area contributed by atoms with E-state index in [9.17, 15) is 4.79 Å². The number of amides is 1. The summed E-state index contributed by atoms with van der Waals surface area (Å²) in [6.07, 6.45) is 0.691. The molecular formula is C13H17NO2. The fraction of sp³-hybridized carbons (Fsp3) is 0.462. The number of rotatable bonds is 3. The van der Waals surface area contributed by atoms with Gasteiger partial charge >= 0.3 is 0 Å². The SMILES string of the molecule is COc1ccc(CN2CC(C)CC2=O)cc1. The third kappa shape index (κ3) is 2.35. The Morgan fingerprint density at radius 2 is 2.06 bits per heavy atom. The van der Waals surface area contributed by atoms with Crippen molar-refractivity contribution in [2.75, 3.05) is 13.7 Å². The lowest BCUT2D eigenvalue weighted by molar-refractivity contribution is -0.128. The molecule has 1 heterocycles. The summed E-state index contributed by atoms with van der Waals surface area (Å²) >= 11 is 0. The topological polar surface area (TPSA) is 29.5 Å². The van der Waals surface area contributed by atoms with Crippen LogP contribution < -0.4 is 4.74 Å². The highest BCUT2D eigenvalue weighted by Crippen LogP contribution is 2.20. The van der Waals surface area contributed by atoms with Crippen LogP contribution in [0.1, 0.15) is 18.9 Å². The first-order valence-electron chi connectivity index (χ1n) is 5.59. The molecule has 0 spiro atoms. The van der Waals surface area contributed by atoms with Gasteiger partial charge in [-0.3, -0.25) is 4.79 Å². The van der Waals surface area contributed by atoms with Crippen molar-refractivity contribution in [1.82, 2.24) is 4.90 Å². The van der Waals surface area contributed by atoms with Gasteiger partial charge in [-0.25, -0.2) is 0 Å². The zero-order valence-electron chi connectivity index (χ0n) is 9.77. The quantitative estimate of drug-likeness (QED) is 0.778. The van der Waals surface area contributed by atoms with Crippen LogP contribution in [0.25, 0.3) is 0 Å². The number of carbonyl (C=O) groups is 1. The highest BCUT2D eigenvalue weighted by molar-refractivity contribution is 5.78. The summed E-state index contributed by atoms with van der Waals surface area (Å²) in [5, 5.41) is 0. The summed E-state index contributed by atoms with van der Waals surface area (Å²) in [5.74, 6) is 1.61. The fourth-order valence-corrected chi connectivity index (χ4v) is 2.07. The smallest absolute Gasteiger partial charge is 0.223 e. The minimum Gasteiger partial charge on any atom is -0.497 e. The van der Waals surface area contributed by atoms with Gasteiger partial charge in [-0.2, -0.15) is 0 Å². The molecule has 0 saturated carbocycles. The Hall–Kier alpha value is -1.51. The first-order valence-corrected chi connectivity index (χ1v) is 5.59. The predicted molar refractivity (Wildman–Crippen MR) is 62.2 cm³/mol. The van der Waals surface area contributed by atoms with E-state index in [2.05, 4.69) is 6.92 Å². The monoisotopic (exact) mass is 219 g/mol. The maximum Gasteiger partial charge on any atom is 0.223 e. The van der Waals surface area contributed by atoms with Gasteiger partial charge in [0.05, 0.1) is 7.11 Å². The highest BCUT2D eigenvalue weighted by atomic mass is 16.5. The third-order valence-electron chi connectivity index (χ3n) is 2.94. The standard InChI is InChI=1S/C13H17NO2/c1-10-7-13(15)14(8-10)9-11-3-5-12(16-2)6-4-11/h3-6,10H,7-9H2,1-2H3. The number of nitrogens with zero attached hydrogens (tertiary/aromatic N) is 1. The fourth-order valence-electron chi connectivity index (χ4n) is 2.07. The lowest BCUT2D eigenvalue weighted by Gasteiger charge is -2.16. The van der Waals surface area contributed by atoms with Gasteiger partial charge in [0.15, 0.2) is 0 Å². The van der Waals surface area contributed by atoms with E-state index in [-0.39, 0.29) is 5.91 Å². The van der Waals surface area contributed by atoms with Gasteiger partial charge in [-0.15, -0.1) is 0 Å². The zero-order chi connectivity index (χ0) is 11.5. The van der Waals surface area contributed by atoms with E-state index in [4.69, 9.17) is 4.74 Å². The van der Waals surface area contributed by atoms with Gasteiger partial charge in [-0.1, -0.05) is 19.1 Å². The number of ether oxygens (including phenoxy) is 1. The molecule has 1 atom stereocenters. The second-order valence-corrected chi connectivity index (χ2v) is 4.43. The average Bonchev–Trinajstić information content (AvgIpc) is 2.59. The van der Waals surface area contributed by atoms with Crippen LogP contribution in [-0.2, 0) is 11.3 Å². The molecule has 1 aliphatic heterocycles. The summed E-state index contributed by atoms with van der Waals surface area (Å²) in [5.41, 5.74) is 1.16. The lowest BCUT2D eigenvalue weighted by Crippen LogP contribution is -2.24. The highest BCUT2D eigenvalue weighted by Gasteiger charge is 2.25. The molecule has 2 rings (SSSR count). The number of hydrogen-bond acceptors (Lipinski definition) is 2. The van der Waals surface area contributed by atoms with Gasteiger partial charge in [0.25, 0.3) is 0 Å². The number of hydrogen-bond donors (Lipinski definition) is 0. The van der Waals surface area contributed by atoms with E-state index in [1.165, 1.54) is 0 Å². The van der Waals surface area contributed by atoms with E-state index < -0.39 is 0 Å². The van der Waals surface area contributed by atoms with Gasteiger partial charge < -0.3 is 9.64 Å². The molecule has 1 unspecified atom stereocenters. The molecular weight excluding hydrogens is 202 g/mol. The van der Waals surface area contributed by atoms with E-state index in [1.807, 2.05) is 29.2 Å². The van der Waals surface area contributed by atoms with Gasteiger partial charge in [-0.05, 0) is 23.6 Å². The molecule has 0 bridgehead atoms. The van der Waals surface area contributed by atoms with Crippen molar-refractivity contribution < 1.29 is 9.53 Å². The molecule has 1 amide bonds. The van der Waals surface area contributed by atoms with E-state index in [0.29, 0.717) is 18.9 Å². The van der Waals surface area contributed by atoms with Crippen molar-refractivity contribution in [2.24, 2.45) is 5.92 Å². The predicted octanol–water partition coefficient (Wildman–Crippen LogP) is 2.06. The molecule has 0 radical (unpaired) electrons. The number of carbonyl (C=O) groups excluding carboxylic acids is 1. The summed E-state index contributed by atoms with van der Waals surface area (Å²) in [4.78, 5) is 13.5. The van der Waals surface area contributed by atoms with Gasteiger partial charge in [0.1, 0.15) is 5.75 Å². The van der Waals surface area contributed by atoms with Crippen LogP contribution in [-0.4, -0.2) is 24.5 Å². The molecule has 1 saturated heterocycles. The van der Waals surface area contributed by atoms with Crippen molar-refractivity contribution >= 4 is 5.91 Å². The largest absolute Gasteiger partial charge is 0.497 e. The molecule has 3 nitrogen and oxygen atoms in total. The molecule has 0 aliphatic carbocycles. The van der Waals surface area contributed by atoms with E-state index in [0.717, 1.165) is 17.9 Å². The van der Waals surface area contributed by atoms with Crippen LogP contribution in [0.3, 0.4) is 0 Å². The molecule has 3 heteroatoms. The molecule has 0 aromatic heterocycles. The lowest BCUT2D eigenvalue weighted by atomic mass is 10.2. The van der Waals surface area contributed by atoms with Crippen molar-refractivity contribution in [3.63, 3.8) is 0 Å². The molecule has 1 aliphatic rings. The Labute approximate surface area is 96.0 Å². The molecule has 1 aromatic carbocycles. The molecule has 0 N–H and O–H groups in total. The van der Waals surface area contributed by atoms with E-state index >= 15 is 0 Å². The van der Waals surface area contributed by atoms with Gasteiger partial charge in [0.2, 0.25) is 5.91 Å². The zero-order valence-corrected chi connectivity index (χ0v) is 9.77. The Balaban J connectivity index is 2.01. The average molecular weight is 219 g/mol. The van der Waals surface area contributed by atoms with E-state index in [1.54, 1.807) is 7.11 Å². The van der Waals surface area contributed by atoms with Crippen molar-refractivity contribution in [3.8, 4) is 5.75 Å². The third-order valence-corrected chi connectivity index (χ3v) is 2.94. The van der Waals surface area contributed by atoms with Crippen LogP contribution in [0, 0.1) is 5.92 Å². The summed E-state index contributed by atoms with van der Waals surface area (Å²) in [7, 11) is 1.65. The molecule has 86 valence electrons. The number of benzene rings is 1. The van der Waals surface area contributed by atoms with Gasteiger partial charge in [0, 0.05) is 19.5 Å². The first kappa shape index (κ1) is 11.0. The maximum atomic E-state index is 11.6. The van der Waals surface area contributed by atoms with Crippen LogP contribution in [0.2, 0.25) is 0 Å². The van der Waals surface area contributed by atoms with Crippen molar-refractivity contribution in [2.45, 2.75) is 19.9 Å². The first-order chi connectivity index (χ1) is 7.69. The van der Waals surface area contributed by atoms with Crippen molar-refractivity contribution in [1.29, 1.82) is 0 Å². The number of methoxy groups -OCH3 is 1. The Morgan fingerprint density at radius 1 is 1.38 bits per heavy atom. The minimum absolute atomic E-state index is 0.267. The number of likely N-dealkylation sites (tertiary alicyclic amines) is 1. The minimum atomic E-state index is 0.267. The summed E-state index contributed by atoms with van der Waals surface area (Å²) < 4.78 is 5.10. The van der Waals surface area contributed by atoms with Crippen LogP contribution in [0.4, 0.5) is 0 Å². The molecule has 1 aromatic rings. The molecule has 1 fully saturated rings. The second-order valence-electron chi connectivity index (χ2n) is 4.43. The van der Waals surface area contributed by atoms with Crippen LogP contribution in [0.5, 0.6) is 5.75 Å². The Bertz CT molecular complexity index is 372. The van der Waals surface area contributed by atoms with Crippen molar-refractivity contribution in [3.05, 3.63) is 29.8 Å². The second kappa shape index (κ2) is 4.56. The Morgan fingerprint density at radius 3 is 2.56 bits per heavy atom. The maximum absolute atomic E-state index is 11.6.